The summed E-state index contributed by atoms with van der Waals surface area (Å²) in [4.78, 5) is 10.6. The molecule has 0 amide bonds. The molecule has 0 atom stereocenters. The van der Waals surface area contributed by atoms with E-state index in [1.54, 1.807) is 0 Å². The predicted octanol–water partition coefficient (Wildman–Crippen LogP) is 1.39. The van der Waals surface area contributed by atoms with E-state index in [4.69, 9.17) is 0 Å². The second kappa shape index (κ2) is 4.38. The fraction of sp³-hybridized carbons (Fsp3) is 0.0909. The number of carbonyl (C=O) groups is 1. The van der Waals surface area contributed by atoms with Crippen molar-refractivity contribution in [3.05, 3.63) is 47.5 Å². The van der Waals surface area contributed by atoms with E-state index in [0.29, 0.717) is 10.9 Å². The fourth-order valence-electron chi connectivity index (χ4n) is 1.46. The molecule has 2 aromatic rings. The minimum Gasteiger partial charge on any atom is -0.545 e. The van der Waals surface area contributed by atoms with Crippen LogP contribution in [0.1, 0.15) is 16.1 Å². The van der Waals surface area contributed by atoms with Gasteiger partial charge in [-0.05, 0) is 24.3 Å². The Hall–Kier alpha value is -2.38. The maximum atomic E-state index is 12.7. The molecule has 100 valence electrons. The molecule has 0 saturated carbocycles. The topological polar surface area (TPSA) is 57.9 Å². The standard InChI is InChI=1S/C11H6F4N2O2/c12-6-1-3-7(4-2-6)17-5-8(10(18)19)9(16-17)11(13,14)15/h1-5H,(H,18,19)/p-1. The van der Waals surface area contributed by atoms with Gasteiger partial charge in [0.15, 0.2) is 5.69 Å². The molecule has 0 aliphatic heterocycles. The third-order valence-corrected chi connectivity index (χ3v) is 2.29. The zero-order valence-corrected chi connectivity index (χ0v) is 9.11. The van der Waals surface area contributed by atoms with Gasteiger partial charge in [0, 0.05) is 11.8 Å². The van der Waals surface area contributed by atoms with Crippen LogP contribution in [0.3, 0.4) is 0 Å². The summed E-state index contributed by atoms with van der Waals surface area (Å²) in [5.41, 5.74) is -2.53. The maximum absolute atomic E-state index is 12.7. The smallest absolute Gasteiger partial charge is 0.435 e. The molecular weight excluding hydrogens is 268 g/mol. The molecule has 1 aromatic carbocycles. The van der Waals surface area contributed by atoms with Gasteiger partial charge >= 0.3 is 6.18 Å². The van der Waals surface area contributed by atoms with Crippen molar-refractivity contribution in [2.24, 2.45) is 0 Å². The number of halogens is 4. The zero-order chi connectivity index (χ0) is 14.2. The maximum Gasteiger partial charge on any atom is 0.435 e. The molecule has 0 fully saturated rings. The highest BCUT2D eigenvalue weighted by molar-refractivity contribution is 5.87. The van der Waals surface area contributed by atoms with Crippen molar-refractivity contribution in [2.45, 2.75) is 6.18 Å². The molecule has 0 aliphatic carbocycles. The Bertz CT molecular complexity index is 617. The van der Waals surface area contributed by atoms with Crippen LogP contribution in [0.15, 0.2) is 30.5 Å². The molecule has 0 unspecified atom stereocenters. The Kier molecular flexibility index (Phi) is 3.01. The van der Waals surface area contributed by atoms with Gasteiger partial charge in [0.1, 0.15) is 5.82 Å². The van der Waals surface area contributed by atoms with Gasteiger partial charge in [-0.1, -0.05) is 0 Å². The second-order valence-corrected chi connectivity index (χ2v) is 3.60. The molecule has 19 heavy (non-hydrogen) atoms. The van der Waals surface area contributed by atoms with Crippen LogP contribution in [0.5, 0.6) is 0 Å². The first kappa shape index (κ1) is 13.1. The van der Waals surface area contributed by atoms with E-state index < -0.39 is 29.2 Å². The van der Waals surface area contributed by atoms with Crippen LogP contribution in [-0.2, 0) is 6.18 Å². The molecule has 1 aromatic heterocycles. The number of carbonyl (C=O) groups excluding carboxylic acids is 1. The zero-order valence-electron chi connectivity index (χ0n) is 9.11. The summed E-state index contributed by atoms with van der Waals surface area (Å²) in [6.07, 6.45) is -4.24. The summed E-state index contributed by atoms with van der Waals surface area (Å²) in [7, 11) is 0. The van der Waals surface area contributed by atoms with Gasteiger partial charge in [0.2, 0.25) is 0 Å². The van der Waals surface area contributed by atoms with E-state index in [1.807, 2.05) is 0 Å². The van der Waals surface area contributed by atoms with E-state index in [1.165, 1.54) is 12.1 Å². The summed E-state index contributed by atoms with van der Waals surface area (Å²) in [5.74, 6) is -2.56. The first-order chi connectivity index (χ1) is 8.79. The molecule has 4 nitrogen and oxygen atoms in total. The summed E-state index contributed by atoms with van der Waals surface area (Å²) >= 11 is 0. The average molecular weight is 273 g/mol. The fourth-order valence-corrected chi connectivity index (χ4v) is 1.46. The lowest BCUT2D eigenvalue weighted by Crippen LogP contribution is -2.25. The molecule has 8 heteroatoms. The highest BCUT2D eigenvalue weighted by Gasteiger charge is 2.37. The van der Waals surface area contributed by atoms with Crippen molar-refractivity contribution in [2.75, 3.05) is 0 Å². The predicted molar refractivity (Wildman–Crippen MR) is 52.9 cm³/mol. The molecule has 1 heterocycles. The average Bonchev–Trinajstić information content (AvgIpc) is 2.74. The van der Waals surface area contributed by atoms with Crippen molar-refractivity contribution >= 4 is 5.97 Å². The van der Waals surface area contributed by atoms with Gasteiger partial charge in [-0.15, -0.1) is 0 Å². The highest BCUT2D eigenvalue weighted by Crippen LogP contribution is 2.31. The lowest BCUT2D eigenvalue weighted by atomic mass is 10.2. The second-order valence-electron chi connectivity index (χ2n) is 3.60. The van der Waals surface area contributed by atoms with Crippen LogP contribution >= 0.6 is 0 Å². The third-order valence-electron chi connectivity index (χ3n) is 2.29. The van der Waals surface area contributed by atoms with E-state index >= 15 is 0 Å². The lowest BCUT2D eigenvalue weighted by Gasteiger charge is -2.05. The quantitative estimate of drug-likeness (QED) is 0.777. The van der Waals surface area contributed by atoms with Crippen LogP contribution < -0.4 is 5.11 Å². The van der Waals surface area contributed by atoms with Crippen molar-refractivity contribution in [3.8, 4) is 5.69 Å². The van der Waals surface area contributed by atoms with Crippen LogP contribution in [0.4, 0.5) is 17.6 Å². The minimum atomic E-state index is -4.92. The Labute approximate surface area is 103 Å². The first-order valence-corrected chi connectivity index (χ1v) is 4.93. The number of carboxylic acid groups (broad SMARTS) is 1. The minimum absolute atomic E-state index is 0.0967. The van der Waals surface area contributed by atoms with E-state index in [2.05, 4.69) is 5.10 Å². The monoisotopic (exact) mass is 273 g/mol. The van der Waals surface area contributed by atoms with Crippen molar-refractivity contribution in [1.82, 2.24) is 9.78 Å². The largest absolute Gasteiger partial charge is 0.545 e. The number of benzene rings is 1. The van der Waals surface area contributed by atoms with Crippen LogP contribution in [-0.4, -0.2) is 15.7 Å². The molecular formula is C11H5F4N2O2-. The number of hydrogen-bond acceptors (Lipinski definition) is 3. The third kappa shape index (κ3) is 2.56. The Morgan fingerprint density at radius 2 is 1.79 bits per heavy atom. The SMILES string of the molecule is O=C([O-])c1cn(-c2ccc(F)cc2)nc1C(F)(F)F. The molecule has 0 radical (unpaired) electrons. The Morgan fingerprint density at radius 3 is 2.21 bits per heavy atom. The Balaban J connectivity index is 2.55. The summed E-state index contributed by atoms with van der Waals surface area (Å²) in [6, 6.07) is 4.37. The summed E-state index contributed by atoms with van der Waals surface area (Å²) in [6.45, 7) is 0. The van der Waals surface area contributed by atoms with Crippen LogP contribution in [0.25, 0.3) is 5.69 Å². The van der Waals surface area contributed by atoms with Gasteiger partial charge in [0.25, 0.3) is 0 Å². The van der Waals surface area contributed by atoms with E-state index in [0.717, 1.165) is 12.1 Å². The van der Waals surface area contributed by atoms with Crippen molar-refractivity contribution in [1.29, 1.82) is 0 Å². The van der Waals surface area contributed by atoms with Gasteiger partial charge in [-0.3, -0.25) is 0 Å². The number of aromatic carboxylic acids is 1. The molecule has 0 aliphatic rings. The normalized spacial score (nSPS) is 11.6. The van der Waals surface area contributed by atoms with Gasteiger partial charge in [-0.25, -0.2) is 9.07 Å². The van der Waals surface area contributed by atoms with Gasteiger partial charge < -0.3 is 9.90 Å². The number of alkyl halides is 3. The molecule has 2 rings (SSSR count). The van der Waals surface area contributed by atoms with Crippen molar-refractivity contribution in [3.63, 3.8) is 0 Å². The number of aromatic nitrogens is 2. The van der Waals surface area contributed by atoms with Crippen LogP contribution in [0.2, 0.25) is 0 Å². The van der Waals surface area contributed by atoms with Gasteiger partial charge in [0.05, 0.1) is 11.7 Å². The van der Waals surface area contributed by atoms with E-state index in [9.17, 15) is 27.5 Å². The molecule has 0 bridgehead atoms. The van der Waals surface area contributed by atoms with E-state index in [-0.39, 0.29) is 5.69 Å². The van der Waals surface area contributed by atoms with Crippen LogP contribution in [0, 0.1) is 5.82 Å². The Morgan fingerprint density at radius 1 is 1.21 bits per heavy atom. The van der Waals surface area contributed by atoms with Gasteiger partial charge in [-0.2, -0.15) is 18.3 Å². The highest BCUT2D eigenvalue weighted by atomic mass is 19.4. The summed E-state index contributed by atoms with van der Waals surface area (Å²) < 4.78 is 51.1. The molecule has 0 N–H and O–H groups in total. The molecule has 0 spiro atoms. The number of rotatable bonds is 2. The number of hydrogen-bond donors (Lipinski definition) is 0. The lowest BCUT2D eigenvalue weighted by molar-refractivity contribution is -0.255. The number of nitrogens with zero attached hydrogens (tertiary/aromatic N) is 2. The van der Waals surface area contributed by atoms with Crippen molar-refractivity contribution < 1.29 is 27.5 Å². The number of carboxylic acids is 1. The molecule has 0 saturated heterocycles. The first-order valence-electron chi connectivity index (χ1n) is 4.93. The summed E-state index contributed by atoms with van der Waals surface area (Å²) in [5, 5.41) is 13.8.